The second kappa shape index (κ2) is 4.97. The quantitative estimate of drug-likeness (QED) is 0.750. The molecule has 0 aliphatic rings. The van der Waals surface area contributed by atoms with Gasteiger partial charge in [0.05, 0.1) is 6.04 Å². The van der Waals surface area contributed by atoms with Gasteiger partial charge in [-0.05, 0) is 11.1 Å². The van der Waals surface area contributed by atoms with Gasteiger partial charge >= 0.3 is 0 Å². The lowest BCUT2D eigenvalue weighted by Gasteiger charge is -2.16. The SMILES string of the molecule is CC[C@H](C)[C@H](N)C(=O)Nc1nnns1. The summed E-state index contributed by atoms with van der Waals surface area (Å²) < 4.78 is 3.52. The molecule has 0 saturated heterocycles. The fraction of sp³-hybridized carbons (Fsp3) is 0.714. The highest BCUT2D eigenvalue weighted by Crippen LogP contribution is 2.09. The maximum absolute atomic E-state index is 11.5. The van der Waals surface area contributed by atoms with Gasteiger partial charge in [-0.3, -0.25) is 10.1 Å². The van der Waals surface area contributed by atoms with Crippen molar-refractivity contribution < 1.29 is 4.79 Å². The van der Waals surface area contributed by atoms with Gasteiger partial charge in [0.2, 0.25) is 11.0 Å². The van der Waals surface area contributed by atoms with Crippen LogP contribution in [0.5, 0.6) is 0 Å². The second-order valence-electron chi connectivity index (χ2n) is 3.07. The summed E-state index contributed by atoms with van der Waals surface area (Å²) in [5, 5.41) is 9.89. The lowest BCUT2D eigenvalue weighted by Crippen LogP contribution is -2.40. The highest BCUT2D eigenvalue weighted by Gasteiger charge is 2.20. The van der Waals surface area contributed by atoms with E-state index in [0.29, 0.717) is 5.13 Å². The van der Waals surface area contributed by atoms with E-state index in [1.165, 1.54) is 0 Å². The van der Waals surface area contributed by atoms with Crippen LogP contribution in [0.2, 0.25) is 0 Å². The van der Waals surface area contributed by atoms with E-state index < -0.39 is 6.04 Å². The van der Waals surface area contributed by atoms with Gasteiger partial charge in [-0.1, -0.05) is 29.9 Å². The molecule has 0 saturated carbocycles. The molecule has 0 aliphatic carbocycles. The number of hydrogen-bond acceptors (Lipinski definition) is 6. The Morgan fingerprint density at radius 1 is 1.71 bits per heavy atom. The molecule has 0 bridgehead atoms. The first-order valence-electron chi connectivity index (χ1n) is 4.36. The van der Waals surface area contributed by atoms with Gasteiger partial charge in [-0.15, -0.1) is 0 Å². The molecule has 0 aliphatic heterocycles. The van der Waals surface area contributed by atoms with Crippen LogP contribution in [-0.2, 0) is 4.79 Å². The number of hydrogen-bond donors (Lipinski definition) is 2. The van der Waals surface area contributed by atoms with Crippen molar-refractivity contribution in [2.24, 2.45) is 11.7 Å². The van der Waals surface area contributed by atoms with Crippen molar-refractivity contribution in [1.82, 2.24) is 14.8 Å². The molecule has 1 amide bonds. The van der Waals surface area contributed by atoms with Crippen molar-refractivity contribution in [2.75, 3.05) is 5.32 Å². The zero-order valence-corrected chi connectivity index (χ0v) is 8.91. The minimum atomic E-state index is -0.510. The van der Waals surface area contributed by atoms with Gasteiger partial charge in [-0.25, -0.2) is 0 Å². The van der Waals surface area contributed by atoms with Crippen molar-refractivity contribution in [2.45, 2.75) is 26.3 Å². The Morgan fingerprint density at radius 3 is 2.93 bits per heavy atom. The zero-order chi connectivity index (χ0) is 10.6. The minimum absolute atomic E-state index is 0.149. The maximum atomic E-state index is 11.5. The van der Waals surface area contributed by atoms with Crippen molar-refractivity contribution in [3.8, 4) is 0 Å². The van der Waals surface area contributed by atoms with Crippen LogP contribution in [0.3, 0.4) is 0 Å². The molecular formula is C7H13N5OS. The maximum Gasteiger partial charge on any atom is 0.243 e. The Morgan fingerprint density at radius 2 is 2.43 bits per heavy atom. The second-order valence-corrected chi connectivity index (χ2v) is 3.80. The van der Waals surface area contributed by atoms with E-state index in [0.717, 1.165) is 18.0 Å². The fourth-order valence-electron chi connectivity index (χ4n) is 0.883. The van der Waals surface area contributed by atoms with Gasteiger partial charge in [-0.2, -0.15) is 0 Å². The number of rotatable bonds is 4. The Bertz CT molecular complexity index is 288. The summed E-state index contributed by atoms with van der Waals surface area (Å²) in [4.78, 5) is 11.5. The number of aromatic nitrogens is 3. The average molecular weight is 215 g/mol. The first-order chi connectivity index (χ1) is 6.65. The van der Waals surface area contributed by atoms with E-state index in [-0.39, 0.29) is 11.8 Å². The molecule has 3 N–H and O–H groups in total. The topological polar surface area (TPSA) is 93.8 Å². The van der Waals surface area contributed by atoms with Crippen LogP contribution in [0, 0.1) is 5.92 Å². The molecule has 78 valence electrons. The van der Waals surface area contributed by atoms with E-state index in [9.17, 15) is 4.79 Å². The smallest absolute Gasteiger partial charge is 0.243 e. The Balaban J connectivity index is 2.50. The van der Waals surface area contributed by atoms with E-state index in [4.69, 9.17) is 5.73 Å². The predicted octanol–water partition coefficient (Wildman–Crippen LogP) is 0.245. The van der Waals surface area contributed by atoms with E-state index in [1.54, 1.807) is 0 Å². The molecule has 0 unspecified atom stereocenters. The zero-order valence-electron chi connectivity index (χ0n) is 8.10. The van der Waals surface area contributed by atoms with Crippen molar-refractivity contribution in [3.63, 3.8) is 0 Å². The number of anilines is 1. The van der Waals surface area contributed by atoms with Gasteiger partial charge in [0.1, 0.15) is 0 Å². The van der Waals surface area contributed by atoms with Crippen LogP contribution in [0.1, 0.15) is 20.3 Å². The average Bonchev–Trinajstić information content (AvgIpc) is 2.68. The fourth-order valence-corrected chi connectivity index (χ4v) is 1.25. The monoisotopic (exact) mass is 215 g/mol. The van der Waals surface area contributed by atoms with Crippen LogP contribution < -0.4 is 11.1 Å². The van der Waals surface area contributed by atoms with Crippen LogP contribution >= 0.6 is 11.5 Å². The van der Waals surface area contributed by atoms with E-state index in [2.05, 4.69) is 20.1 Å². The molecular weight excluding hydrogens is 202 g/mol. The number of carbonyl (C=O) groups is 1. The number of carbonyl (C=O) groups excluding carboxylic acids is 1. The summed E-state index contributed by atoms with van der Waals surface area (Å²) >= 11 is 1.03. The number of nitrogens with two attached hydrogens (primary N) is 1. The third kappa shape index (κ3) is 2.71. The van der Waals surface area contributed by atoms with Crippen molar-refractivity contribution >= 4 is 22.6 Å². The Labute approximate surface area is 86.0 Å². The predicted molar refractivity (Wildman–Crippen MR) is 53.8 cm³/mol. The number of nitrogens with zero attached hydrogens (tertiary/aromatic N) is 3. The highest BCUT2D eigenvalue weighted by molar-refractivity contribution is 7.09. The summed E-state index contributed by atoms with van der Waals surface area (Å²) in [5.74, 6) is -0.0891. The van der Waals surface area contributed by atoms with Crippen LogP contribution in [0.25, 0.3) is 0 Å². The molecule has 6 nitrogen and oxygen atoms in total. The first-order valence-corrected chi connectivity index (χ1v) is 5.14. The van der Waals surface area contributed by atoms with E-state index >= 15 is 0 Å². The molecule has 0 aromatic carbocycles. The van der Waals surface area contributed by atoms with Crippen LogP contribution in [0.4, 0.5) is 5.13 Å². The highest BCUT2D eigenvalue weighted by atomic mass is 32.1. The van der Waals surface area contributed by atoms with Gasteiger partial charge < -0.3 is 5.73 Å². The summed E-state index contributed by atoms with van der Waals surface area (Å²) in [5.41, 5.74) is 5.71. The van der Waals surface area contributed by atoms with Crippen molar-refractivity contribution in [3.05, 3.63) is 0 Å². The third-order valence-corrected chi connectivity index (χ3v) is 2.60. The number of nitrogens with one attached hydrogen (secondary N) is 1. The van der Waals surface area contributed by atoms with Crippen LogP contribution in [0.15, 0.2) is 0 Å². The number of amides is 1. The molecule has 1 aromatic heterocycles. The third-order valence-electron chi connectivity index (χ3n) is 2.09. The molecule has 7 heteroatoms. The molecule has 1 heterocycles. The molecule has 0 radical (unpaired) electrons. The van der Waals surface area contributed by atoms with Gasteiger partial charge in [0.25, 0.3) is 0 Å². The lowest BCUT2D eigenvalue weighted by molar-refractivity contribution is -0.118. The van der Waals surface area contributed by atoms with E-state index in [1.807, 2.05) is 13.8 Å². The molecule has 0 spiro atoms. The minimum Gasteiger partial charge on any atom is -0.320 e. The Hall–Kier alpha value is -1.08. The summed E-state index contributed by atoms with van der Waals surface area (Å²) in [6, 6.07) is -0.510. The lowest BCUT2D eigenvalue weighted by atomic mass is 10.00. The summed E-state index contributed by atoms with van der Waals surface area (Å²) in [6.45, 7) is 3.92. The summed E-state index contributed by atoms with van der Waals surface area (Å²) in [6.07, 6.45) is 0.864. The van der Waals surface area contributed by atoms with Crippen LogP contribution in [-0.4, -0.2) is 26.7 Å². The molecule has 0 fully saturated rings. The summed E-state index contributed by atoms with van der Waals surface area (Å²) in [7, 11) is 0. The first kappa shape index (κ1) is 11.0. The molecule has 1 rings (SSSR count). The Kier molecular flexibility index (Phi) is 3.90. The van der Waals surface area contributed by atoms with Gasteiger partial charge in [0.15, 0.2) is 0 Å². The molecule has 1 aromatic rings. The normalized spacial score (nSPS) is 14.8. The van der Waals surface area contributed by atoms with Crippen molar-refractivity contribution in [1.29, 1.82) is 0 Å². The van der Waals surface area contributed by atoms with Gasteiger partial charge in [0, 0.05) is 11.5 Å². The standard InChI is InChI=1S/C7H13N5OS/c1-3-4(2)5(8)6(13)9-7-10-11-12-14-7/h4-5H,3,8H2,1-2H3,(H,9,10,12,13)/t4-,5-/m0/s1. The largest absolute Gasteiger partial charge is 0.320 e. The molecule has 14 heavy (non-hydrogen) atoms. The molecule has 2 atom stereocenters.